The highest BCUT2D eigenvalue weighted by Gasteiger charge is 2.30. The third-order valence-corrected chi connectivity index (χ3v) is 2.68. The van der Waals surface area contributed by atoms with E-state index in [-0.39, 0.29) is 5.76 Å². The quantitative estimate of drug-likeness (QED) is 0.586. The summed E-state index contributed by atoms with van der Waals surface area (Å²) in [5.41, 5.74) is -1.92. The molecule has 1 N–H and O–H groups in total. The first kappa shape index (κ1) is 13.1. The lowest BCUT2D eigenvalue weighted by atomic mass is 10.1. The van der Waals surface area contributed by atoms with Gasteiger partial charge in [0.05, 0.1) is 11.7 Å². The van der Waals surface area contributed by atoms with Crippen molar-refractivity contribution in [2.45, 2.75) is 18.5 Å². The molecule has 1 nitrogen and oxygen atoms in total. The Bertz CT molecular complexity index is 351. The summed E-state index contributed by atoms with van der Waals surface area (Å²) in [5, 5.41) is 8.95. The van der Waals surface area contributed by atoms with Gasteiger partial charge in [0.2, 0.25) is 0 Å². The van der Waals surface area contributed by atoms with Crippen molar-refractivity contribution in [3.05, 3.63) is 48.3 Å². The van der Waals surface area contributed by atoms with Crippen LogP contribution in [-0.2, 0) is 0 Å². The number of rotatable bonds is 4. The number of hydrogen-bond acceptors (Lipinski definition) is 1. The molecule has 1 aliphatic carbocycles. The monoisotopic (exact) mass is 244 g/mol. The number of alkyl halides is 2. The van der Waals surface area contributed by atoms with Crippen molar-refractivity contribution in [2.24, 2.45) is 5.92 Å². The van der Waals surface area contributed by atoms with E-state index in [1.807, 2.05) is 0 Å². The lowest BCUT2D eigenvalue weighted by molar-refractivity contribution is 0.0769. The van der Waals surface area contributed by atoms with Crippen LogP contribution in [0.2, 0.25) is 0 Å². The second-order valence-corrected chi connectivity index (χ2v) is 4.52. The molecule has 0 saturated heterocycles. The average molecular weight is 244 g/mol. The molecule has 0 heterocycles. The number of aliphatic hydroxyl groups excluding tert-OH is 1. The second-order valence-electron chi connectivity index (χ2n) is 3.75. The Morgan fingerprint density at radius 2 is 2.19 bits per heavy atom. The van der Waals surface area contributed by atoms with Crippen LogP contribution in [0.5, 0.6) is 0 Å². The third kappa shape index (κ3) is 4.28. The van der Waals surface area contributed by atoms with E-state index in [2.05, 4.69) is 6.58 Å². The predicted octanol–water partition coefficient (Wildman–Crippen LogP) is 3.97. The Balaban J connectivity index is 2.64. The Morgan fingerprint density at radius 1 is 1.50 bits per heavy atom. The number of halogens is 2. The van der Waals surface area contributed by atoms with Gasteiger partial charge in [0.1, 0.15) is 0 Å². The Hall–Kier alpha value is -0.950. The van der Waals surface area contributed by atoms with Crippen LogP contribution in [0.25, 0.3) is 0 Å². The first-order valence-electron chi connectivity index (χ1n) is 4.98. The zero-order valence-electron chi connectivity index (χ0n) is 8.87. The normalized spacial score (nSPS) is 20.4. The van der Waals surface area contributed by atoms with E-state index in [4.69, 9.17) is 5.11 Å². The maximum atomic E-state index is 13.0. The molecule has 1 rings (SSSR count). The largest absolute Gasteiger partial charge is 0.513 e. The molecule has 0 aliphatic heterocycles. The minimum atomic E-state index is -2.82. The van der Waals surface area contributed by atoms with Crippen LogP contribution >= 0.6 is 9.24 Å². The summed E-state index contributed by atoms with van der Waals surface area (Å²) in [4.78, 5) is 0. The fourth-order valence-corrected chi connectivity index (χ4v) is 1.58. The summed E-state index contributed by atoms with van der Waals surface area (Å²) in [6, 6.07) is 0. The minimum Gasteiger partial charge on any atom is -0.513 e. The molecule has 0 aromatic rings. The summed E-state index contributed by atoms with van der Waals surface area (Å²) in [5.74, 6) is -0.793. The first-order chi connectivity index (χ1) is 7.39. The van der Waals surface area contributed by atoms with E-state index in [1.54, 1.807) is 27.5 Å². The van der Waals surface area contributed by atoms with Crippen molar-refractivity contribution in [3.8, 4) is 0 Å². The molecular weight excluding hydrogens is 229 g/mol. The Kier molecular flexibility index (Phi) is 4.43. The van der Waals surface area contributed by atoms with Crippen LogP contribution in [0.1, 0.15) is 12.8 Å². The summed E-state index contributed by atoms with van der Waals surface area (Å²) in [6.07, 6.45) is 9.06. The zero-order valence-corrected chi connectivity index (χ0v) is 10.0. The van der Waals surface area contributed by atoms with Gasteiger partial charge in [-0.2, -0.15) is 0 Å². The van der Waals surface area contributed by atoms with Gasteiger partial charge < -0.3 is 5.11 Å². The van der Waals surface area contributed by atoms with E-state index >= 15 is 0 Å². The molecule has 88 valence electrons. The van der Waals surface area contributed by atoms with Gasteiger partial charge in [0.15, 0.2) is 0 Å². The molecule has 0 saturated carbocycles. The second kappa shape index (κ2) is 5.40. The molecule has 0 fully saturated rings. The van der Waals surface area contributed by atoms with E-state index in [1.165, 1.54) is 12.2 Å². The van der Waals surface area contributed by atoms with Gasteiger partial charge in [0.25, 0.3) is 5.66 Å². The van der Waals surface area contributed by atoms with E-state index in [0.29, 0.717) is 12.8 Å². The number of hydrogen-bond donors (Lipinski definition) is 1. The highest BCUT2D eigenvalue weighted by molar-refractivity contribution is 7.18. The third-order valence-electron chi connectivity index (χ3n) is 2.29. The SMILES string of the molecule is C=C(O)CCC1=CC=CC(C(F)(F)P)C=C1. The van der Waals surface area contributed by atoms with Crippen molar-refractivity contribution < 1.29 is 13.9 Å². The number of aliphatic hydroxyl groups is 1. The topological polar surface area (TPSA) is 20.2 Å². The molecule has 2 unspecified atom stereocenters. The minimum absolute atomic E-state index is 0.107. The number of allylic oxidation sites excluding steroid dienone is 7. The fourth-order valence-electron chi connectivity index (χ4n) is 1.36. The summed E-state index contributed by atoms with van der Waals surface area (Å²) in [7, 11) is 1.55. The Labute approximate surface area is 96.4 Å². The molecule has 2 atom stereocenters. The van der Waals surface area contributed by atoms with Crippen molar-refractivity contribution in [1.29, 1.82) is 0 Å². The highest BCUT2D eigenvalue weighted by atomic mass is 31.0. The van der Waals surface area contributed by atoms with Gasteiger partial charge in [-0.25, -0.2) is 8.78 Å². The van der Waals surface area contributed by atoms with Crippen LogP contribution in [-0.4, -0.2) is 10.8 Å². The van der Waals surface area contributed by atoms with Crippen molar-refractivity contribution in [2.75, 3.05) is 0 Å². The fraction of sp³-hybridized carbons (Fsp3) is 0.333. The van der Waals surface area contributed by atoms with E-state index in [9.17, 15) is 8.78 Å². The van der Waals surface area contributed by atoms with E-state index in [0.717, 1.165) is 5.57 Å². The van der Waals surface area contributed by atoms with Gasteiger partial charge in [-0.1, -0.05) is 46.2 Å². The molecule has 0 aromatic carbocycles. The zero-order chi connectivity index (χ0) is 12.2. The predicted molar refractivity (Wildman–Crippen MR) is 65.5 cm³/mol. The van der Waals surface area contributed by atoms with Crippen LogP contribution in [0, 0.1) is 5.92 Å². The molecule has 0 aromatic heterocycles. The molecule has 0 radical (unpaired) electrons. The molecule has 0 amide bonds. The molecule has 16 heavy (non-hydrogen) atoms. The van der Waals surface area contributed by atoms with Crippen LogP contribution in [0.15, 0.2) is 48.3 Å². The maximum absolute atomic E-state index is 13.0. The lowest BCUT2D eigenvalue weighted by Gasteiger charge is -2.15. The molecular formula is C12H15F2OP. The molecule has 4 heteroatoms. The Morgan fingerprint density at radius 3 is 2.75 bits per heavy atom. The van der Waals surface area contributed by atoms with Crippen LogP contribution in [0.3, 0.4) is 0 Å². The van der Waals surface area contributed by atoms with Crippen molar-refractivity contribution >= 4 is 9.24 Å². The summed E-state index contributed by atoms with van der Waals surface area (Å²) >= 11 is 0. The van der Waals surface area contributed by atoms with Gasteiger partial charge >= 0.3 is 0 Å². The average Bonchev–Trinajstić information content (AvgIpc) is 2.38. The molecule has 1 aliphatic rings. The van der Waals surface area contributed by atoms with Crippen LogP contribution < -0.4 is 0 Å². The molecule has 0 spiro atoms. The van der Waals surface area contributed by atoms with Crippen molar-refractivity contribution in [1.82, 2.24) is 0 Å². The summed E-state index contributed by atoms with van der Waals surface area (Å²) in [6.45, 7) is 3.38. The van der Waals surface area contributed by atoms with E-state index < -0.39 is 11.6 Å². The van der Waals surface area contributed by atoms with Crippen molar-refractivity contribution in [3.63, 3.8) is 0 Å². The summed E-state index contributed by atoms with van der Waals surface area (Å²) < 4.78 is 26.0. The van der Waals surface area contributed by atoms with Gasteiger partial charge in [-0.15, -0.1) is 0 Å². The first-order valence-corrected chi connectivity index (χ1v) is 5.56. The standard InChI is InChI=1S/C12H15F2OP/c1-9(15)5-6-10-3-2-4-11(8-7-10)12(13,14)16/h2-4,7-8,11,15H,1,5-6,16H2. The maximum Gasteiger partial charge on any atom is 0.268 e. The smallest absolute Gasteiger partial charge is 0.268 e. The highest BCUT2D eigenvalue weighted by Crippen LogP contribution is 2.34. The van der Waals surface area contributed by atoms with Gasteiger partial charge in [-0.3, -0.25) is 0 Å². The lowest BCUT2D eigenvalue weighted by Crippen LogP contribution is -2.16. The van der Waals surface area contributed by atoms with Crippen LogP contribution in [0.4, 0.5) is 8.78 Å². The molecule has 0 bridgehead atoms. The van der Waals surface area contributed by atoms with Gasteiger partial charge in [0, 0.05) is 6.42 Å². The van der Waals surface area contributed by atoms with Gasteiger partial charge in [-0.05, 0) is 12.0 Å².